The molecule has 0 fully saturated rings. The van der Waals surface area contributed by atoms with Crippen LogP contribution in [0.25, 0.3) is 0 Å². The molecule has 5 nitrogen and oxygen atoms in total. The number of hydrogen-bond donors (Lipinski definition) is 2. The lowest BCUT2D eigenvalue weighted by atomic mass is 10.0. The molecular formula is C13H19FN2O3S. The van der Waals surface area contributed by atoms with Crippen LogP contribution in [0.5, 0.6) is 0 Å². The van der Waals surface area contributed by atoms with Crippen LogP contribution >= 0.6 is 0 Å². The number of aryl methyl sites for hydroxylation is 1. The summed E-state index contributed by atoms with van der Waals surface area (Å²) in [7, 11) is 0. The minimum absolute atomic E-state index is 0.0855. The third-order valence-electron chi connectivity index (χ3n) is 2.86. The Bertz CT molecular complexity index is 497. The van der Waals surface area contributed by atoms with E-state index in [2.05, 4.69) is 4.72 Å². The second kappa shape index (κ2) is 8.08. The smallest absolute Gasteiger partial charge is 0.232 e. The number of carbonyl (C=O) groups is 1. The Morgan fingerprint density at radius 3 is 2.65 bits per heavy atom. The van der Waals surface area contributed by atoms with E-state index in [0.29, 0.717) is 36.2 Å². The molecule has 0 spiro atoms. The molecule has 0 aliphatic heterocycles. The molecule has 1 unspecified atom stereocenters. The van der Waals surface area contributed by atoms with E-state index in [9.17, 15) is 13.4 Å². The van der Waals surface area contributed by atoms with E-state index < -0.39 is 17.1 Å². The summed E-state index contributed by atoms with van der Waals surface area (Å²) in [5.74, 6) is -0.495. The van der Waals surface area contributed by atoms with E-state index in [1.165, 1.54) is 11.0 Å². The van der Waals surface area contributed by atoms with Crippen molar-refractivity contribution in [2.75, 3.05) is 11.4 Å². The van der Waals surface area contributed by atoms with Gasteiger partial charge in [-0.15, -0.1) is 0 Å². The van der Waals surface area contributed by atoms with Gasteiger partial charge in [0.15, 0.2) is 0 Å². The minimum atomic E-state index is -2.14. The van der Waals surface area contributed by atoms with Gasteiger partial charge in [0.2, 0.25) is 17.7 Å². The second-order valence-electron chi connectivity index (χ2n) is 4.31. The van der Waals surface area contributed by atoms with Gasteiger partial charge >= 0.3 is 0 Å². The first-order chi connectivity index (χ1) is 9.53. The molecule has 0 saturated carbocycles. The molecule has 7 heteroatoms. The van der Waals surface area contributed by atoms with Gasteiger partial charge in [-0.3, -0.25) is 9.35 Å². The second-order valence-corrected chi connectivity index (χ2v) is 5.09. The van der Waals surface area contributed by atoms with Crippen LogP contribution in [0.1, 0.15) is 31.4 Å². The molecule has 2 N–H and O–H groups in total. The summed E-state index contributed by atoms with van der Waals surface area (Å²) in [5, 5.41) is 0. The number of halogens is 1. The minimum Gasteiger partial charge on any atom is -0.312 e. The predicted molar refractivity (Wildman–Crippen MR) is 77.1 cm³/mol. The summed E-state index contributed by atoms with van der Waals surface area (Å²) >= 11 is -2.14. The average molecular weight is 302 g/mol. The van der Waals surface area contributed by atoms with Gasteiger partial charge in [-0.05, 0) is 30.0 Å². The lowest BCUT2D eigenvalue weighted by Gasteiger charge is -2.21. The van der Waals surface area contributed by atoms with Gasteiger partial charge in [0.05, 0.1) is 5.69 Å². The van der Waals surface area contributed by atoms with Crippen molar-refractivity contribution in [1.82, 2.24) is 4.72 Å². The van der Waals surface area contributed by atoms with E-state index in [-0.39, 0.29) is 6.54 Å². The summed E-state index contributed by atoms with van der Waals surface area (Å²) in [6.07, 6.45) is 1.92. The van der Waals surface area contributed by atoms with E-state index in [1.807, 2.05) is 13.8 Å². The standard InChI is InChI=1S/C13H19FN2O3S/c1-3-5-16(9-17)13-11(4-2)6-10(7-12(13)14)8-15-20(18)19/h6-7,9,15H,3-5,8H2,1-2H3,(H,18,19). The molecule has 0 aliphatic rings. The maximum atomic E-state index is 14.2. The monoisotopic (exact) mass is 302 g/mol. The van der Waals surface area contributed by atoms with Crippen molar-refractivity contribution < 1.29 is 17.9 Å². The van der Waals surface area contributed by atoms with Crippen LogP contribution in [0.4, 0.5) is 10.1 Å². The first kappa shape index (κ1) is 16.7. The van der Waals surface area contributed by atoms with Gasteiger partial charge in [-0.1, -0.05) is 19.9 Å². The summed E-state index contributed by atoms with van der Waals surface area (Å²) in [6, 6.07) is 3.02. The van der Waals surface area contributed by atoms with Gasteiger partial charge in [-0.25, -0.2) is 13.3 Å². The predicted octanol–water partition coefficient (Wildman–Crippen LogP) is 1.99. The maximum Gasteiger partial charge on any atom is 0.232 e. The van der Waals surface area contributed by atoms with Crippen molar-refractivity contribution >= 4 is 23.4 Å². The topological polar surface area (TPSA) is 69.6 Å². The van der Waals surface area contributed by atoms with Crippen molar-refractivity contribution in [2.24, 2.45) is 0 Å². The average Bonchev–Trinajstić information content (AvgIpc) is 2.42. The zero-order valence-corrected chi connectivity index (χ0v) is 12.4. The fourth-order valence-corrected chi connectivity index (χ4v) is 2.30. The molecule has 0 heterocycles. The first-order valence-electron chi connectivity index (χ1n) is 6.41. The molecule has 1 rings (SSSR count). The number of nitrogens with one attached hydrogen (secondary N) is 1. The highest BCUT2D eigenvalue weighted by atomic mass is 32.2. The van der Waals surface area contributed by atoms with Crippen molar-refractivity contribution in [2.45, 2.75) is 33.2 Å². The summed E-state index contributed by atoms with van der Waals surface area (Å²) < 4.78 is 35.8. The molecule has 1 amide bonds. The van der Waals surface area contributed by atoms with Crippen LogP contribution in [-0.4, -0.2) is 21.7 Å². The molecule has 1 aromatic rings. The molecule has 0 bridgehead atoms. The summed E-state index contributed by atoms with van der Waals surface area (Å²) in [4.78, 5) is 12.4. The Morgan fingerprint density at radius 1 is 1.45 bits per heavy atom. The highest BCUT2D eigenvalue weighted by Gasteiger charge is 2.16. The third kappa shape index (κ3) is 4.36. The lowest BCUT2D eigenvalue weighted by molar-refractivity contribution is -0.107. The van der Waals surface area contributed by atoms with E-state index in [0.717, 1.165) is 6.42 Å². The Labute approximate surface area is 120 Å². The summed E-state index contributed by atoms with van der Waals surface area (Å²) in [5.41, 5.74) is 1.55. The number of nitrogens with zero attached hydrogens (tertiary/aromatic N) is 1. The summed E-state index contributed by atoms with van der Waals surface area (Å²) in [6.45, 7) is 4.32. The van der Waals surface area contributed by atoms with Crippen molar-refractivity contribution in [1.29, 1.82) is 0 Å². The van der Waals surface area contributed by atoms with Crippen molar-refractivity contribution in [3.8, 4) is 0 Å². The maximum absolute atomic E-state index is 14.2. The van der Waals surface area contributed by atoms with Crippen LogP contribution in [-0.2, 0) is 29.0 Å². The quantitative estimate of drug-likeness (QED) is 0.570. The van der Waals surface area contributed by atoms with Gasteiger partial charge in [0, 0.05) is 13.1 Å². The molecule has 1 aromatic carbocycles. The number of amides is 1. The zero-order valence-electron chi connectivity index (χ0n) is 11.6. The van der Waals surface area contributed by atoms with E-state index in [1.54, 1.807) is 6.07 Å². The largest absolute Gasteiger partial charge is 0.312 e. The molecule has 0 radical (unpaired) electrons. The van der Waals surface area contributed by atoms with Gasteiger partial charge in [-0.2, -0.15) is 0 Å². The van der Waals surface area contributed by atoms with Gasteiger partial charge in [0.1, 0.15) is 5.82 Å². The van der Waals surface area contributed by atoms with Crippen LogP contribution in [0.2, 0.25) is 0 Å². The van der Waals surface area contributed by atoms with E-state index >= 15 is 0 Å². The van der Waals surface area contributed by atoms with Crippen LogP contribution in [0, 0.1) is 5.82 Å². The lowest BCUT2D eigenvalue weighted by Crippen LogP contribution is -2.25. The molecule has 0 aliphatic carbocycles. The normalized spacial score (nSPS) is 12.2. The van der Waals surface area contributed by atoms with Crippen LogP contribution in [0.3, 0.4) is 0 Å². The highest BCUT2D eigenvalue weighted by Crippen LogP contribution is 2.26. The number of benzene rings is 1. The Hall–Kier alpha value is -1.31. The zero-order chi connectivity index (χ0) is 15.1. The molecule has 20 heavy (non-hydrogen) atoms. The number of carbonyl (C=O) groups excluding carboxylic acids is 1. The van der Waals surface area contributed by atoms with Crippen LogP contribution in [0.15, 0.2) is 12.1 Å². The van der Waals surface area contributed by atoms with Crippen molar-refractivity contribution in [3.63, 3.8) is 0 Å². The SMILES string of the molecule is CCCN(C=O)c1c(F)cc(CNS(=O)O)cc1CC. The molecular weight excluding hydrogens is 283 g/mol. The highest BCUT2D eigenvalue weighted by molar-refractivity contribution is 7.77. The molecule has 112 valence electrons. The van der Waals surface area contributed by atoms with Gasteiger partial charge < -0.3 is 4.90 Å². The Morgan fingerprint density at radius 2 is 2.15 bits per heavy atom. The number of rotatable bonds is 8. The number of anilines is 1. The van der Waals surface area contributed by atoms with Gasteiger partial charge in [0.25, 0.3) is 0 Å². The molecule has 0 saturated heterocycles. The van der Waals surface area contributed by atoms with Crippen molar-refractivity contribution in [3.05, 3.63) is 29.1 Å². The Balaban J connectivity index is 3.12. The molecule has 1 atom stereocenters. The molecule has 0 aromatic heterocycles. The fraction of sp³-hybridized carbons (Fsp3) is 0.462. The number of hydrogen-bond acceptors (Lipinski definition) is 2. The Kier molecular flexibility index (Phi) is 6.77. The first-order valence-corrected chi connectivity index (χ1v) is 7.51. The van der Waals surface area contributed by atoms with E-state index in [4.69, 9.17) is 4.55 Å². The third-order valence-corrected chi connectivity index (χ3v) is 3.25. The van der Waals surface area contributed by atoms with Crippen LogP contribution < -0.4 is 9.62 Å². The fourth-order valence-electron chi connectivity index (χ4n) is 2.01.